The van der Waals surface area contributed by atoms with E-state index < -0.39 is 10.0 Å². The van der Waals surface area contributed by atoms with Gasteiger partial charge in [-0.25, -0.2) is 8.42 Å². The third-order valence-electron chi connectivity index (χ3n) is 5.00. The molecule has 28 heavy (non-hydrogen) atoms. The van der Waals surface area contributed by atoms with Crippen LogP contribution < -0.4 is 0 Å². The zero-order chi connectivity index (χ0) is 19.7. The Morgan fingerprint density at radius 3 is 2.46 bits per heavy atom. The Hall–Kier alpha value is -2.19. The maximum absolute atomic E-state index is 12.7. The summed E-state index contributed by atoms with van der Waals surface area (Å²) in [5.41, 5.74) is 1.17. The highest BCUT2D eigenvalue weighted by Crippen LogP contribution is 2.33. The average molecular weight is 418 g/mol. The highest BCUT2D eigenvalue weighted by molar-refractivity contribution is 7.89. The summed E-state index contributed by atoms with van der Waals surface area (Å²) in [4.78, 5) is 6.65. The lowest BCUT2D eigenvalue weighted by Crippen LogP contribution is -2.48. The van der Waals surface area contributed by atoms with Crippen LogP contribution in [0.2, 0.25) is 5.02 Å². The summed E-state index contributed by atoms with van der Waals surface area (Å²) >= 11 is 6.35. The molecule has 0 aliphatic carbocycles. The Labute approximate surface area is 169 Å². The number of piperazine rings is 1. The van der Waals surface area contributed by atoms with Gasteiger partial charge in [0.15, 0.2) is 0 Å². The average Bonchev–Trinajstić information content (AvgIpc) is 2.73. The van der Waals surface area contributed by atoms with Crippen LogP contribution in [-0.4, -0.2) is 53.9 Å². The number of hydrogen-bond donors (Lipinski definition) is 1. The molecule has 146 valence electrons. The standard InChI is InChI=1S/C20H20ClN3O3S/c21-18-13-15(20(25)19-17(18)7-4-8-22-19)14-23-9-11-24(12-10-23)28(26,27)16-5-2-1-3-6-16/h1-8,13,25H,9-12,14H2. The molecular weight excluding hydrogens is 398 g/mol. The summed E-state index contributed by atoms with van der Waals surface area (Å²) in [6.45, 7) is 2.43. The van der Waals surface area contributed by atoms with Crippen molar-refractivity contribution in [2.24, 2.45) is 0 Å². The molecule has 6 nitrogen and oxygen atoms in total. The van der Waals surface area contributed by atoms with Crippen molar-refractivity contribution < 1.29 is 13.5 Å². The zero-order valence-electron chi connectivity index (χ0n) is 15.1. The Balaban J connectivity index is 1.48. The predicted molar refractivity (Wildman–Crippen MR) is 109 cm³/mol. The van der Waals surface area contributed by atoms with Gasteiger partial charge >= 0.3 is 0 Å². The summed E-state index contributed by atoms with van der Waals surface area (Å²) in [5.74, 6) is 0.124. The van der Waals surface area contributed by atoms with Crippen molar-refractivity contribution in [2.75, 3.05) is 26.2 Å². The molecule has 3 aromatic rings. The number of hydrogen-bond acceptors (Lipinski definition) is 5. The van der Waals surface area contributed by atoms with E-state index in [9.17, 15) is 13.5 Å². The number of fused-ring (bicyclic) bond motifs is 1. The van der Waals surface area contributed by atoms with Crippen molar-refractivity contribution in [3.8, 4) is 5.75 Å². The Bertz CT molecular complexity index is 1100. The van der Waals surface area contributed by atoms with E-state index in [0.717, 1.165) is 0 Å². The second-order valence-electron chi connectivity index (χ2n) is 6.76. The third kappa shape index (κ3) is 3.58. The van der Waals surface area contributed by atoms with E-state index in [1.54, 1.807) is 48.7 Å². The number of aromatic hydroxyl groups is 1. The molecule has 1 aliphatic heterocycles. The van der Waals surface area contributed by atoms with Crippen molar-refractivity contribution in [2.45, 2.75) is 11.4 Å². The minimum absolute atomic E-state index is 0.124. The molecule has 1 N–H and O–H groups in total. The normalized spacial score (nSPS) is 16.5. The first kappa shape index (κ1) is 19.1. The molecule has 1 saturated heterocycles. The largest absolute Gasteiger partial charge is 0.505 e. The number of nitrogens with zero attached hydrogens (tertiary/aromatic N) is 3. The quantitative estimate of drug-likeness (QED) is 0.706. The van der Waals surface area contributed by atoms with Gasteiger partial charge in [-0.3, -0.25) is 9.88 Å². The summed E-state index contributed by atoms with van der Waals surface area (Å²) in [7, 11) is -3.48. The number of benzene rings is 2. The maximum Gasteiger partial charge on any atom is 0.243 e. The van der Waals surface area contributed by atoms with Gasteiger partial charge in [0.1, 0.15) is 11.3 Å². The summed E-state index contributed by atoms with van der Waals surface area (Å²) in [6, 6.07) is 13.8. The second-order valence-corrected chi connectivity index (χ2v) is 9.10. The molecule has 4 rings (SSSR count). The van der Waals surface area contributed by atoms with E-state index in [4.69, 9.17) is 11.6 Å². The number of sulfonamides is 1. The van der Waals surface area contributed by atoms with Gasteiger partial charge < -0.3 is 5.11 Å². The van der Waals surface area contributed by atoms with Crippen LogP contribution >= 0.6 is 11.6 Å². The Morgan fingerprint density at radius 2 is 1.75 bits per heavy atom. The molecule has 2 aromatic carbocycles. The van der Waals surface area contributed by atoms with Crippen LogP contribution in [-0.2, 0) is 16.6 Å². The van der Waals surface area contributed by atoms with E-state index in [2.05, 4.69) is 9.88 Å². The van der Waals surface area contributed by atoms with Gasteiger partial charge in [0.2, 0.25) is 10.0 Å². The number of aromatic nitrogens is 1. The fourth-order valence-corrected chi connectivity index (χ4v) is 5.20. The van der Waals surface area contributed by atoms with Crippen LogP contribution in [0.4, 0.5) is 0 Å². The molecule has 0 saturated carbocycles. The molecule has 0 radical (unpaired) electrons. The first-order chi connectivity index (χ1) is 13.5. The van der Waals surface area contributed by atoms with Crippen molar-refractivity contribution in [3.05, 3.63) is 65.3 Å². The molecule has 0 unspecified atom stereocenters. The lowest BCUT2D eigenvalue weighted by atomic mass is 10.1. The van der Waals surface area contributed by atoms with Crippen molar-refractivity contribution in [1.82, 2.24) is 14.2 Å². The summed E-state index contributed by atoms with van der Waals surface area (Å²) < 4.78 is 27.0. The Kier molecular flexibility index (Phi) is 5.25. The van der Waals surface area contributed by atoms with Crippen LogP contribution in [0.25, 0.3) is 10.9 Å². The fourth-order valence-electron chi connectivity index (χ4n) is 3.47. The number of phenolic OH excluding ortho intramolecular Hbond substituents is 1. The molecule has 1 aliphatic rings. The van der Waals surface area contributed by atoms with E-state index in [0.29, 0.717) is 59.1 Å². The molecule has 0 bridgehead atoms. The van der Waals surface area contributed by atoms with E-state index in [-0.39, 0.29) is 5.75 Å². The van der Waals surface area contributed by atoms with Gasteiger partial charge in [0.25, 0.3) is 0 Å². The zero-order valence-corrected chi connectivity index (χ0v) is 16.7. The van der Waals surface area contributed by atoms with Crippen molar-refractivity contribution in [1.29, 1.82) is 0 Å². The summed E-state index contributed by atoms with van der Waals surface area (Å²) in [6.07, 6.45) is 1.62. The molecule has 2 heterocycles. The minimum atomic E-state index is -3.48. The van der Waals surface area contributed by atoms with Crippen LogP contribution in [0.15, 0.2) is 59.6 Å². The predicted octanol–water partition coefficient (Wildman–Crippen LogP) is 3.10. The SMILES string of the molecule is O=S(=O)(c1ccccc1)N1CCN(Cc2cc(Cl)c3cccnc3c2O)CC1. The smallest absolute Gasteiger partial charge is 0.243 e. The van der Waals surface area contributed by atoms with Crippen LogP contribution in [0.1, 0.15) is 5.56 Å². The number of rotatable bonds is 4. The molecule has 0 amide bonds. The maximum atomic E-state index is 12.7. The Morgan fingerprint density at radius 1 is 1.04 bits per heavy atom. The highest BCUT2D eigenvalue weighted by Gasteiger charge is 2.28. The molecule has 0 spiro atoms. The number of pyridine rings is 1. The topological polar surface area (TPSA) is 73.7 Å². The second kappa shape index (κ2) is 7.67. The minimum Gasteiger partial charge on any atom is -0.505 e. The first-order valence-corrected chi connectivity index (χ1v) is 10.8. The molecule has 1 aromatic heterocycles. The number of phenols is 1. The fraction of sp³-hybridized carbons (Fsp3) is 0.250. The van der Waals surface area contributed by atoms with E-state index in [1.807, 2.05) is 6.07 Å². The van der Waals surface area contributed by atoms with Crippen LogP contribution in [0.3, 0.4) is 0 Å². The van der Waals surface area contributed by atoms with Crippen molar-refractivity contribution >= 4 is 32.5 Å². The lowest BCUT2D eigenvalue weighted by Gasteiger charge is -2.34. The van der Waals surface area contributed by atoms with E-state index >= 15 is 0 Å². The van der Waals surface area contributed by atoms with Gasteiger partial charge in [-0.15, -0.1) is 0 Å². The molecule has 0 atom stereocenters. The highest BCUT2D eigenvalue weighted by atomic mass is 35.5. The van der Waals surface area contributed by atoms with Gasteiger partial charge in [-0.2, -0.15) is 4.31 Å². The van der Waals surface area contributed by atoms with Crippen LogP contribution in [0, 0.1) is 0 Å². The summed E-state index contributed by atoms with van der Waals surface area (Å²) in [5, 5.41) is 11.8. The molecule has 1 fully saturated rings. The van der Waals surface area contributed by atoms with Crippen LogP contribution in [0.5, 0.6) is 5.75 Å². The molecule has 8 heteroatoms. The van der Waals surface area contributed by atoms with Crippen molar-refractivity contribution in [3.63, 3.8) is 0 Å². The monoisotopic (exact) mass is 417 g/mol. The van der Waals surface area contributed by atoms with Gasteiger partial charge in [0, 0.05) is 49.9 Å². The van der Waals surface area contributed by atoms with Gasteiger partial charge in [-0.05, 0) is 30.3 Å². The first-order valence-electron chi connectivity index (χ1n) is 8.99. The van der Waals surface area contributed by atoms with Gasteiger partial charge in [0.05, 0.1) is 9.92 Å². The third-order valence-corrected chi connectivity index (χ3v) is 7.23. The lowest BCUT2D eigenvalue weighted by molar-refractivity contribution is 0.180. The number of halogens is 1. The van der Waals surface area contributed by atoms with E-state index in [1.165, 1.54) is 4.31 Å². The van der Waals surface area contributed by atoms with Gasteiger partial charge in [-0.1, -0.05) is 29.8 Å². The molecular formula is C20H20ClN3O3S.